The van der Waals surface area contributed by atoms with Crippen molar-refractivity contribution in [3.05, 3.63) is 54.2 Å². The Morgan fingerprint density at radius 1 is 1.17 bits per heavy atom. The molecule has 2 fully saturated rings. The molecule has 0 bridgehead atoms. The third kappa shape index (κ3) is 6.48. The van der Waals surface area contributed by atoms with Gasteiger partial charge in [-0.2, -0.15) is 0 Å². The van der Waals surface area contributed by atoms with Crippen molar-refractivity contribution in [2.24, 2.45) is 10.9 Å². The summed E-state index contributed by atoms with van der Waals surface area (Å²) in [6.07, 6.45) is 5.55. The van der Waals surface area contributed by atoms with Crippen LogP contribution in [0.2, 0.25) is 0 Å². The molecule has 2 N–H and O–H groups in total. The van der Waals surface area contributed by atoms with E-state index >= 15 is 0 Å². The lowest BCUT2D eigenvalue weighted by molar-refractivity contribution is 0.288. The Kier molecular flexibility index (Phi) is 7.97. The average Bonchev–Trinajstić information content (AvgIpc) is 3.47. The van der Waals surface area contributed by atoms with Gasteiger partial charge in [0, 0.05) is 50.7 Å². The summed E-state index contributed by atoms with van der Waals surface area (Å²) in [5.41, 5.74) is 2.39. The topological polar surface area (TPSA) is 61.8 Å². The van der Waals surface area contributed by atoms with Gasteiger partial charge in [0.25, 0.3) is 0 Å². The highest BCUT2D eigenvalue weighted by Crippen LogP contribution is 2.29. The maximum absolute atomic E-state index is 5.69. The van der Waals surface area contributed by atoms with Crippen molar-refractivity contribution in [1.29, 1.82) is 0 Å². The summed E-state index contributed by atoms with van der Waals surface area (Å²) < 4.78 is 5.69. The van der Waals surface area contributed by atoms with Crippen LogP contribution in [0, 0.1) is 5.92 Å². The van der Waals surface area contributed by atoms with Crippen molar-refractivity contribution in [2.75, 3.05) is 31.6 Å². The molecule has 1 unspecified atom stereocenters. The number of anilines is 1. The van der Waals surface area contributed by atoms with Crippen LogP contribution in [0.1, 0.15) is 24.8 Å². The van der Waals surface area contributed by atoms with E-state index in [1.165, 1.54) is 18.5 Å². The van der Waals surface area contributed by atoms with Crippen LogP contribution in [-0.4, -0.2) is 43.7 Å². The number of aliphatic imine (C=N–C) groups is 1. The summed E-state index contributed by atoms with van der Waals surface area (Å²) >= 11 is 0. The van der Waals surface area contributed by atoms with E-state index < -0.39 is 0 Å². The molecule has 1 atom stereocenters. The second-order valence-electron chi connectivity index (χ2n) is 7.60. The number of hydrogen-bond acceptors (Lipinski definition) is 4. The Balaban J connectivity index is 0.00000240. The number of nitrogens with zero attached hydrogens (tertiary/aromatic N) is 3. The number of hydrogen-bond donors (Lipinski definition) is 2. The molecule has 1 aliphatic heterocycles. The maximum atomic E-state index is 5.69. The molecular weight excluding hydrogens is 477 g/mol. The lowest BCUT2D eigenvalue weighted by Crippen LogP contribution is -2.44. The molecule has 1 saturated heterocycles. The number of guanidine groups is 1. The summed E-state index contributed by atoms with van der Waals surface area (Å²) in [4.78, 5) is 11.2. The lowest BCUT2D eigenvalue weighted by atomic mass is 10.2. The molecule has 4 rings (SSSR count). The average molecular weight is 507 g/mol. The maximum Gasteiger partial charge on any atom is 0.213 e. The standard InChI is InChI=1S/C22H29N5O.HI/c1-23-22(26-19-11-12-27(15-19)20-5-3-2-4-6-20)25-14-18-9-10-21(24-13-18)28-16-17-7-8-17;/h2-6,9-10,13,17,19H,7-8,11-12,14-16H2,1H3,(H2,23,25,26);1H. The molecule has 0 amide bonds. The Hall–Kier alpha value is -2.03. The van der Waals surface area contributed by atoms with E-state index in [0.717, 1.165) is 43.6 Å². The molecule has 2 aromatic rings. The van der Waals surface area contributed by atoms with Gasteiger partial charge in [-0.25, -0.2) is 4.98 Å². The number of pyridine rings is 1. The van der Waals surface area contributed by atoms with Crippen LogP contribution in [0.5, 0.6) is 5.88 Å². The third-order valence-electron chi connectivity index (χ3n) is 5.30. The smallest absolute Gasteiger partial charge is 0.213 e. The molecule has 29 heavy (non-hydrogen) atoms. The van der Waals surface area contributed by atoms with Crippen molar-refractivity contribution in [3.63, 3.8) is 0 Å². The highest BCUT2D eigenvalue weighted by atomic mass is 127. The summed E-state index contributed by atoms with van der Waals surface area (Å²) in [6, 6.07) is 15.0. The van der Waals surface area contributed by atoms with Crippen LogP contribution in [0.4, 0.5) is 5.69 Å². The molecule has 0 radical (unpaired) electrons. The molecule has 1 aliphatic carbocycles. The first-order valence-electron chi connectivity index (χ1n) is 10.1. The number of aromatic nitrogens is 1. The minimum absolute atomic E-state index is 0. The zero-order chi connectivity index (χ0) is 19.2. The fraction of sp³-hybridized carbons (Fsp3) is 0.455. The Labute approximate surface area is 190 Å². The van der Waals surface area contributed by atoms with Crippen LogP contribution in [0.3, 0.4) is 0 Å². The van der Waals surface area contributed by atoms with Crippen LogP contribution in [0.15, 0.2) is 53.7 Å². The van der Waals surface area contributed by atoms with Gasteiger partial charge in [0.1, 0.15) is 0 Å². The molecule has 6 nitrogen and oxygen atoms in total. The number of benzene rings is 1. The van der Waals surface area contributed by atoms with E-state index in [4.69, 9.17) is 4.74 Å². The zero-order valence-corrected chi connectivity index (χ0v) is 19.2. The zero-order valence-electron chi connectivity index (χ0n) is 16.9. The summed E-state index contributed by atoms with van der Waals surface area (Å²) in [7, 11) is 1.81. The molecule has 1 saturated carbocycles. The highest BCUT2D eigenvalue weighted by molar-refractivity contribution is 14.0. The van der Waals surface area contributed by atoms with Gasteiger partial charge in [-0.15, -0.1) is 24.0 Å². The van der Waals surface area contributed by atoms with Crippen molar-refractivity contribution >= 4 is 35.6 Å². The van der Waals surface area contributed by atoms with Crippen LogP contribution < -0.4 is 20.3 Å². The first-order chi connectivity index (χ1) is 13.8. The van der Waals surface area contributed by atoms with Gasteiger partial charge in [-0.05, 0) is 42.9 Å². The lowest BCUT2D eigenvalue weighted by Gasteiger charge is -2.20. The van der Waals surface area contributed by atoms with E-state index in [1.54, 1.807) is 0 Å². The minimum Gasteiger partial charge on any atom is -0.477 e. The van der Waals surface area contributed by atoms with Gasteiger partial charge in [0.2, 0.25) is 5.88 Å². The SMILES string of the molecule is CN=C(NCc1ccc(OCC2CC2)nc1)NC1CCN(c2ccccc2)C1.I. The molecule has 7 heteroatoms. The fourth-order valence-electron chi connectivity index (χ4n) is 3.41. The van der Waals surface area contributed by atoms with Crippen LogP contribution in [0.25, 0.3) is 0 Å². The quantitative estimate of drug-likeness (QED) is 0.342. The first kappa shape index (κ1) is 21.7. The van der Waals surface area contributed by atoms with E-state index in [0.29, 0.717) is 18.5 Å². The van der Waals surface area contributed by atoms with Gasteiger partial charge in [0.15, 0.2) is 5.96 Å². The molecule has 1 aromatic heterocycles. The molecule has 1 aromatic carbocycles. The van der Waals surface area contributed by atoms with Gasteiger partial charge in [-0.3, -0.25) is 4.99 Å². The molecule has 2 aliphatic rings. The first-order valence-corrected chi connectivity index (χ1v) is 10.1. The minimum atomic E-state index is 0. The number of rotatable bonds is 7. The predicted octanol–water partition coefficient (Wildman–Crippen LogP) is 3.43. The fourth-order valence-corrected chi connectivity index (χ4v) is 3.41. The Morgan fingerprint density at radius 2 is 2.00 bits per heavy atom. The van der Waals surface area contributed by atoms with E-state index in [-0.39, 0.29) is 24.0 Å². The third-order valence-corrected chi connectivity index (χ3v) is 5.30. The number of nitrogens with one attached hydrogen (secondary N) is 2. The number of halogens is 1. The van der Waals surface area contributed by atoms with Gasteiger partial charge >= 0.3 is 0 Å². The van der Waals surface area contributed by atoms with Crippen molar-refractivity contribution in [3.8, 4) is 5.88 Å². The normalized spacial score (nSPS) is 18.9. The number of ether oxygens (including phenoxy) is 1. The molecule has 0 spiro atoms. The molecular formula is C22H30IN5O. The molecule has 2 heterocycles. The van der Waals surface area contributed by atoms with Crippen molar-refractivity contribution < 1.29 is 4.74 Å². The van der Waals surface area contributed by atoms with Crippen LogP contribution in [-0.2, 0) is 6.54 Å². The highest BCUT2D eigenvalue weighted by Gasteiger charge is 2.23. The van der Waals surface area contributed by atoms with Crippen molar-refractivity contribution in [2.45, 2.75) is 31.8 Å². The second kappa shape index (κ2) is 10.7. The second-order valence-corrected chi connectivity index (χ2v) is 7.60. The van der Waals surface area contributed by atoms with Gasteiger partial charge in [-0.1, -0.05) is 24.3 Å². The molecule has 156 valence electrons. The Morgan fingerprint density at radius 3 is 2.69 bits per heavy atom. The van der Waals surface area contributed by atoms with E-state index in [2.05, 4.69) is 61.9 Å². The van der Waals surface area contributed by atoms with Crippen molar-refractivity contribution in [1.82, 2.24) is 15.6 Å². The number of para-hydroxylation sites is 1. The van der Waals surface area contributed by atoms with E-state index in [1.807, 2.05) is 19.3 Å². The summed E-state index contributed by atoms with van der Waals surface area (Å²) in [5.74, 6) is 2.28. The van der Waals surface area contributed by atoms with Crippen LogP contribution >= 0.6 is 24.0 Å². The summed E-state index contributed by atoms with van der Waals surface area (Å²) in [6.45, 7) is 3.53. The summed E-state index contributed by atoms with van der Waals surface area (Å²) in [5, 5.41) is 6.93. The van der Waals surface area contributed by atoms with Gasteiger partial charge in [0.05, 0.1) is 6.61 Å². The van der Waals surface area contributed by atoms with Gasteiger partial charge < -0.3 is 20.3 Å². The predicted molar refractivity (Wildman–Crippen MR) is 128 cm³/mol. The van der Waals surface area contributed by atoms with E-state index in [9.17, 15) is 0 Å². The monoisotopic (exact) mass is 507 g/mol. The Bertz CT molecular complexity index is 780. The largest absolute Gasteiger partial charge is 0.477 e.